The van der Waals surface area contributed by atoms with Crippen molar-refractivity contribution in [1.29, 1.82) is 0 Å². The smallest absolute Gasteiger partial charge is 0.258 e. The maximum absolute atomic E-state index is 12.1. The number of nitrogens with one attached hydrogen (secondary N) is 2. The van der Waals surface area contributed by atoms with Gasteiger partial charge in [-0.15, -0.1) is 0 Å². The molecule has 2 N–H and O–H groups in total. The van der Waals surface area contributed by atoms with Crippen LogP contribution in [0.4, 0.5) is 5.69 Å². The van der Waals surface area contributed by atoms with Crippen molar-refractivity contribution >= 4 is 56.7 Å². The van der Waals surface area contributed by atoms with Gasteiger partial charge in [0.25, 0.3) is 5.56 Å². The maximum Gasteiger partial charge on any atom is 0.258 e. The zero-order valence-corrected chi connectivity index (χ0v) is 16.1. The first-order valence-corrected chi connectivity index (χ1v) is 9.21. The Labute approximate surface area is 163 Å². The molecule has 0 aliphatic carbocycles. The number of halogens is 2. The van der Waals surface area contributed by atoms with Crippen molar-refractivity contribution in [2.75, 3.05) is 5.32 Å². The number of fused-ring (bicyclic) bond motifs is 1. The molecule has 0 saturated carbocycles. The zero-order chi connectivity index (χ0) is 17.8. The van der Waals surface area contributed by atoms with Crippen LogP contribution in [0.1, 0.15) is 18.7 Å². The first-order valence-electron chi connectivity index (χ1n) is 7.76. The van der Waals surface area contributed by atoms with Crippen molar-refractivity contribution in [3.8, 4) is 0 Å². The Kier molecular flexibility index (Phi) is 5.70. The van der Waals surface area contributed by atoms with Gasteiger partial charge in [0.2, 0.25) is 5.91 Å². The summed E-state index contributed by atoms with van der Waals surface area (Å²) in [7, 11) is 0. The third-order valence-electron chi connectivity index (χ3n) is 3.68. The normalized spacial score (nSPS) is 10.8. The predicted octanol–water partition coefficient (Wildman–Crippen LogP) is 4.14. The van der Waals surface area contributed by atoms with E-state index in [1.54, 1.807) is 30.3 Å². The van der Waals surface area contributed by atoms with Crippen molar-refractivity contribution in [3.63, 3.8) is 0 Å². The van der Waals surface area contributed by atoms with E-state index in [-0.39, 0.29) is 11.5 Å². The Morgan fingerprint density at radius 1 is 1.24 bits per heavy atom. The summed E-state index contributed by atoms with van der Waals surface area (Å²) in [4.78, 5) is 31.3. The summed E-state index contributed by atoms with van der Waals surface area (Å²) in [6, 6.07) is 12.6. The summed E-state index contributed by atoms with van der Waals surface area (Å²) >= 11 is 8.27. The molecule has 5 nitrogen and oxygen atoms in total. The molecule has 0 saturated heterocycles. The Bertz CT molecular complexity index is 987. The van der Waals surface area contributed by atoms with Gasteiger partial charge in [0.05, 0.1) is 21.6 Å². The number of carbonyl (C=O) groups excluding carboxylic acids is 1. The van der Waals surface area contributed by atoms with E-state index in [2.05, 4.69) is 37.9 Å². The lowest BCUT2D eigenvalue weighted by molar-refractivity contribution is -0.116. The molecule has 128 valence electrons. The summed E-state index contributed by atoms with van der Waals surface area (Å²) in [6.45, 7) is 0. The molecule has 0 spiro atoms. The van der Waals surface area contributed by atoms with Crippen LogP contribution >= 0.6 is 34.2 Å². The van der Waals surface area contributed by atoms with Gasteiger partial charge in [-0.05, 0) is 59.3 Å². The number of amides is 1. The van der Waals surface area contributed by atoms with E-state index in [0.29, 0.717) is 46.7 Å². The second-order valence-corrected chi connectivity index (χ2v) is 7.21. The molecule has 2 aromatic carbocycles. The Hall–Kier alpha value is -1.93. The minimum atomic E-state index is -0.157. The Morgan fingerprint density at radius 2 is 2.04 bits per heavy atom. The number of anilines is 1. The zero-order valence-electron chi connectivity index (χ0n) is 13.2. The van der Waals surface area contributed by atoms with Crippen LogP contribution in [0.3, 0.4) is 0 Å². The Balaban J connectivity index is 1.59. The second-order valence-electron chi connectivity index (χ2n) is 5.56. The van der Waals surface area contributed by atoms with Crippen LogP contribution in [0.2, 0.25) is 5.02 Å². The van der Waals surface area contributed by atoms with Crippen molar-refractivity contribution in [2.24, 2.45) is 0 Å². The largest absolute Gasteiger partial charge is 0.325 e. The molecule has 0 aliphatic rings. The van der Waals surface area contributed by atoms with Crippen LogP contribution in [0, 0.1) is 3.57 Å². The van der Waals surface area contributed by atoms with Gasteiger partial charge in [-0.1, -0.05) is 23.7 Å². The van der Waals surface area contributed by atoms with E-state index >= 15 is 0 Å². The fourth-order valence-electron chi connectivity index (χ4n) is 2.47. The number of rotatable bonds is 5. The molecule has 3 aromatic rings. The van der Waals surface area contributed by atoms with E-state index in [1.165, 1.54) is 0 Å². The van der Waals surface area contributed by atoms with Crippen LogP contribution in [-0.4, -0.2) is 15.9 Å². The first-order chi connectivity index (χ1) is 12.0. The lowest BCUT2D eigenvalue weighted by atomic mass is 10.2. The highest BCUT2D eigenvalue weighted by molar-refractivity contribution is 14.1. The highest BCUT2D eigenvalue weighted by atomic mass is 127. The van der Waals surface area contributed by atoms with Crippen LogP contribution in [0.15, 0.2) is 47.3 Å². The van der Waals surface area contributed by atoms with Crippen LogP contribution in [0.25, 0.3) is 10.9 Å². The van der Waals surface area contributed by atoms with Gasteiger partial charge < -0.3 is 10.3 Å². The van der Waals surface area contributed by atoms with Gasteiger partial charge in [0, 0.05) is 16.4 Å². The monoisotopic (exact) mass is 467 g/mol. The SMILES string of the molecule is O=C(CCCc1nc2ccccc2c(=O)[nH]1)Nc1ccc(I)cc1Cl. The lowest BCUT2D eigenvalue weighted by Gasteiger charge is -2.07. The molecule has 0 unspecified atom stereocenters. The average Bonchev–Trinajstić information content (AvgIpc) is 2.57. The van der Waals surface area contributed by atoms with E-state index in [0.717, 1.165) is 3.57 Å². The molecular formula is C18H15ClIN3O2. The quantitative estimate of drug-likeness (QED) is 0.554. The highest BCUT2D eigenvalue weighted by Gasteiger charge is 2.08. The highest BCUT2D eigenvalue weighted by Crippen LogP contribution is 2.24. The van der Waals surface area contributed by atoms with Crippen LogP contribution < -0.4 is 10.9 Å². The molecule has 0 fully saturated rings. The number of aryl methyl sites for hydroxylation is 1. The molecule has 0 atom stereocenters. The number of aromatic amines is 1. The molecule has 0 radical (unpaired) electrons. The summed E-state index contributed by atoms with van der Waals surface area (Å²) in [6.07, 6.45) is 1.42. The maximum atomic E-state index is 12.1. The molecule has 25 heavy (non-hydrogen) atoms. The predicted molar refractivity (Wildman–Crippen MR) is 108 cm³/mol. The summed E-state index contributed by atoms with van der Waals surface area (Å²) in [5, 5.41) is 3.88. The number of H-pyrrole nitrogens is 1. The standard InChI is InChI=1S/C18H15ClIN3O2/c19-13-10-11(20)8-9-15(13)22-17(24)7-3-6-16-21-14-5-2-1-4-12(14)18(25)23-16/h1-2,4-5,8-10H,3,6-7H2,(H,22,24)(H,21,23,25). The van der Waals surface area contributed by atoms with Gasteiger partial charge >= 0.3 is 0 Å². The molecule has 3 rings (SSSR count). The van der Waals surface area contributed by atoms with Crippen LogP contribution in [0.5, 0.6) is 0 Å². The molecule has 0 aliphatic heterocycles. The summed E-state index contributed by atoms with van der Waals surface area (Å²) in [5.74, 6) is 0.468. The minimum Gasteiger partial charge on any atom is -0.325 e. The third kappa shape index (κ3) is 4.58. The van der Waals surface area contributed by atoms with E-state index in [4.69, 9.17) is 11.6 Å². The van der Waals surface area contributed by atoms with Gasteiger partial charge in [-0.25, -0.2) is 4.98 Å². The number of nitrogens with zero attached hydrogens (tertiary/aromatic N) is 1. The molecule has 7 heteroatoms. The van der Waals surface area contributed by atoms with Gasteiger partial charge in [-0.2, -0.15) is 0 Å². The number of para-hydroxylation sites is 1. The Morgan fingerprint density at radius 3 is 2.84 bits per heavy atom. The molecule has 1 amide bonds. The fraction of sp³-hybridized carbons (Fsp3) is 0.167. The molecule has 1 aromatic heterocycles. The molecule has 0 bridgehead atoms. The second kappa shape index (κ2) is 7.97. The van der Waals surface area contributed by atoms with Crippen molar-refractivity contribution < 1.29 is 4.79 Å². The fourth-order valence-corrected chi connectivity index (χ4v) is 3.38. The summed E-state index contributed by atoms with van der Waals surface area (Å²) in [5.41, 5.74) is 1.11. The third-order valence-corrected chi connectivity index (χ3v) is 4.67. The number of carbonyl (C=O) groups is 1. The molecular weight excluding hydrogens is 453 g/mol. The number of benzene rings is 2. The van der Waals surface area contributed by atoms with E-state index in [9.17, 15) is 9.59 Å². The van der Waals surface area contributed by atoms with Gasteiger partial charge in [0.15, 0.2) is 0 Å². The lowest BCUT2D eigenvalue weighted by Crippen LogP contribution is -2.14. The van der Waals surface area contributed by atoms with E-state index < -0.39 is 0 Å². The van der Waals surface area contributed by atoms with Crippen molar-refractivity contribution in [2.45, 2.75) is 19.3 Å². The van der Waals surface area contributed by atoms with Gasteiger partial charge in [0.1, 0.15) is 5.82 Å². The first kappa shape index (κ1) is 17.9. The number of hydrogen-bond donors (Lipinski definition) is 2. The summed E-state index contributed by atoms with van der Waals surface area (Å²) < 4.78 is 1.01. The number of hydrogen-bond acceptors (Lipinski definition) is 3. The topological polar surface area (TPSA) is 74.8 Å². The minimum absolute atomic E-state index is 0.119. The average molecular weight is 468 g/mol. The van der Waals surface area contributed by atoms with Crippen LogP contribution in [-0.2, 0) is 11.2 Å². The molecule has 1 heterocycles. The van der Waals surface area contributed by atoms with E-state index in [1.807, 2.05) is 12.1 Å². The van der Waals surface area contributed by atoms with Crippen molar-refractivity contribution in [1.82, 2.24) is 9.97 Å². The van der Waals surface area contributed by atoms with Gasteiger partial charge in [-0.3, -0.25) is 9.59 Å². The number of aromatic nitrogens is 2. The van der Waals surface area contributed by atoms with Crippen molar-refractivity contribution in [3.05, 3.63) is 67.2 Å².